The minimum Gasteiger partial charge on any atom is -0.497 e. The Bertz CT molecular complexity index is 430. The largest absolute Gasteiger partial charge is 0.497 e. The number of nitrogens with one attached hydrogen (secondary N) is 1. The average molecular weight is 248 g/mol. The highest BCUT2D eigenvalue weighted by molar-refractivity contribution is 5.94. The number of methoxy groups -OCH3 is 1. The lowest BCUT2D eigenvalue weighted by atomic mass is 9.88. The van der Waals surface area contributed by atoms with Crippen LogP contribution in [0, 0.1) is 11.8 Å². The third kappa shape index (κ3) is 2.48. The van der Waals surface area contributed by atoms with Crippen LogP contribution >= 0.6 is 0 Å². The first-order valence-electron chi connectivity index (χ1n) is 6.26. The fourth-order valence-corrected chi connectivity index (χ4v) is 2.12. The maximum atomic E-state index is 12.3. The summed E-state index contributed by atoms with van der Waals surface area (Å²) in [5.74, 6) is 1.45. The summed E-state index contributed by atoms with van der Waals surface area (Å²) < 4.78 is 5.18. The Morgan fingerprint density at radius 1 is 1.50 bits per heavy atom. The number of nitrogens with zero attached hydrogens (tertiary/aromatic N) is 1. The monoisotopic (exact) mass is 248 g/mol. The molecule has 1 heterocycles. The summed E-state index contributed by atoms with van der Waals surface area (Å²) in [5, 5.41) is 3.20. The van der Waals surface area contributed by atoms with Gasteiger partial charge >= 0.3 is 0 Å². The first-order chi connectivity index (χ1) is 8.63. The first kappa shape index (κ1) is 12.9. The molecule has 1 atom stereocenters. The van der Waals surface area contributed by atoms with Crippen LogP contribution in [0.5, 0.6) is 5.75 Å². The highest BCUT2D eigenvalue weighted by Crippen LogP contribution is 2.24. The second-order valence-corrected chi connectivity index (χ2v) is 4.81. The Morgan fingerprint density at radius 2 is 2.22 bits per heavy atom. The lowest BCUT2D eigenvalue weighted by Crippen LogP contribution is -2.50. The molecule has 2 rings (SSSR count). The van der Waals surface area contributed by atoms with E-state index in [4.69, 9.17) is 4.74 Å². The number of hydrogen-bond acceptors (Lipinski definition) is 3. The zero-order chi connectivity index (χ0) is 13.1. The second kappa shape index (κ2) is 5.40. The topological polar surface area (TPSA) is 41.6 Å². The van der Waals surface area contributed by atoms with Gasteiger partial charge in [0.25, 0.3) is 0 Å². The first-order valence-corrected chi connectivity index (χ1v) is 6.26. The number of hydrogen-bond donors (Lipinski definition) is 1. The van der Waals surface area contributed by atoms with Gasteiger partial charge in [0.2, 0.25) is 5.91 Å². The van der Waals surface area contributed by atoms with Crippen molar-refractivity contribution in [1.82, 2.24) is 5.32 Å². The molecule has 4 heteroatoms. The lowest BCUT2D eigenvalue weighted by Gasteiger charge is -2.34. The molecule has 98 valence electrons. The quantitative estimate of drug-likeness (QED) is 0.878. The summed E-state index contributed by atoms with van der Waals surface area (Å²) in [6.07, 6.45) is 0. The molecule has 1 fully saturated rings. The number of amides is 1. The minimum atomic E-state index is 0.0578. The number of rotatable bonds is 4. The zero-order valence-corrected chi connectivity index (χ0v) is 11.1. The number of carbonyl (C=O) groups is 1. The molecule has 0 aromatic heterocycles. The van der Waals surface area contributed by atoms with E-state index < -0.39 is 0 Å². The summed E-state index contributed by atoms with van der Waals surface area (Å²) in [4.78, 5) is 14.0. The van der Waals surface area contributed by atoms with Crippen LogP contribution in [-0.4, -0.2) is 33.2 Å². The van der Waals surface area contributed by atoms with Crippen LogP contribution in [0.4, 0.5) is 5.69 Å². The molecule has 1 aliphatic heterocycles. The summed E-state index contributed by atoms with van der Waals surface area (Å²) >= 11 is 0. The van der Waals surface area contributed by atoms with Crippen LogP contribution in [-0.2, 0) is 4.79 Å². The van der Waals surface area contributed by atoms with E-state index in [9.17, 15) is 4.79 Å². The Hall–Kier alpha value is -1.55. The third-order valence-electron chi connectivity index (χ3n) is 3.68. The van der Waals surface area contributed by atoms with E-state index in [1.165, 1.54) is 0 Å². The van der Waals surface area contributed by atoms with Crippen molar-refractivity contribution in [3.05, 3.63) is 24.3 Å². The van der Waals surface area contributed by atoms with E-state index in [1.54, 1.807) is 12.0 Å². The van der Waals surface area contributed by atoms with Gasteiger partial charge in [-0.3, -0.25) is 4.79 Å². The average Bonchev–Trinajstić information content (AvgIpc) is 2.35. The number of anilines is 1. The molecule has 4 nitrogen and oxygen atoms in total. The number of benzene rings is 1. The smallest absolute Gasteiger partial charge is 0.229 e. The summed E-state index contributed by atoms with van der Waals surface area (Å²) in [5.41, 5.74) is 0.874. The van der Waals surface area contributed by atoms with Gasteiger partial charge in [-0.2, -0.15) is 0 Å². The fraction of sp³-hybridized carbons (Fsp3) is 0.500. The van der Waals surface area contributed by atoms with Crippen molar-refractivity contribution in [1.29, 1.82) is 0 Å². The maximum Gasteiger partial charge on any atom is 0.229 e. The van der Waals surface area contributed by atoms with Gasteiger partial charge in [-0.1, -0.05) is 13.0 Å². The van der Waals surface area contributed by atoms with Crippen molar-refractivity contribution in [3.8, 4) is 5.75 Å². The molecule has 0 spiro atoms. The Morgan fingerprint density at radius 3 is 2.78 bits per heavy atom. The molecule has 1 N–H and O–H groups in total. The Labute approximate surface area is 108 Å². The lowest BCUT2D eigenvalue weighted by molar-refractivity contribution is -0.123. The van der Waals surface area contributed by atoms with E-state index in [2.05, 4.69) is 5.32 Å². The van der Waals surface area contributed by atoms with Gasteiger partial charge in [0.1, 0.15) is 5.75 Å². The maximum absolute atomic E-state index is 12.3. The van der Waals surface area contributed by atoms with E-state index in [1.807, 2.05) is 38.2 Å². The summed E-state index contributed by atoms with van der Waals surface area (Å²) in [7, 11) is 3.45. The van der Waals surface area contributed by atoms with Crippen molar-refractivity contribution in [2.75, 3.05) is 32.1 Å². The molecule has 0 bridgehead atoms. The molecule has 1 saturated heterocycles. The van der Waals surface area contributed by atoms with Crippen LogP contribution in [0.3, 0.4) is 0 Å². The standard InChI is InChI=1S/C14H20N2O2/c1-10(11-8-15-9-11)14(17)16(2)12-5-4-6-13(7-12)18-3/h4-7,10-11,15H,8-9H2,1-3H3. The molecule has 0 saturated carbocycles. The van der Waals surface area contributed by atoms with Crippen LogP contribution in [0.2, 0.25) is 0 Å². The third-order valence-corrected chi connectivity index (χ3v) is 3.68. The molecular weight excluding hydrogens is 228 g/mol. The SMILES string of the molecule is COc1cccc(N(C)C(=O)C(C)C2CNC2)c1. The van der Waals surface area contributed by atoms with Crippen LogP contribution in [0.1, 0.15) is 6.92 Å². The zero-order valence-electron chi connectivity index (χ0n) is 11.1. The second-order valence-electron chi connectivity index (χ2n) is 4.81. The van der Waals surface area contributed by atoms with Gasteiger partial charge in [0, 0.05) is 24.7 Å². The molecule has 1 aromatic rings. The molecule has 18 heavy (non-hydrogen) atoms. The molecule has 1 amide bonds. The van der Waals surface area contributed by atoms with Crippen molar-refractivity contribution < 1.29 is 9.53 Å². The van der Waals surface area contributed by atoms with Gasteiger partial charge in [-0.05, 0) is 31.1 Å². The molecule has 0 aliphatic carbocycles. The van der Waals surface area contributed by atoms with Gasteiger partial charge in [-0.15, -0.1) is 0 Å². The highest BCUT2D eigenvalue weighted by atomic mass is 16.5. The van der Waals surface area contributed by atoms with Crippen molar-refractivity contribution >= 4 is 11.6 Å². The van der Waals surface area contributed by atoms with Crippen molar-refractivity contribution in [2.45, 2.75) is 6.92 Å². The number of ether oxygens (including phenoxy) is 1. The van der Waals surface area contributed by atoms with E-state index in [0.717, 1.165) is 24.5 Å². The van der Waals surface area contributed by atoms with Crippen LogP contribution < -0.4 is 15.0 Å². The van der Waals surface area contributed by atoms with Crippen molar-refractivity contribution in [2.24, 2.45) is 11.8 Å². The minimum absolute atomic E-state index is 0.0578. The molecule has 0 radical (unpaired) electrons. The predicted octanol–water partition coefficient (Wildman–Crippen LogP) is 1.51. The normalized spacial score (nSPS) is 16.8. The molecule has 1 aliphatic rings. The van der Waals surface area contributed by atoms with Gasteiger partial charge in [-0.25, -0.2) is 0 Å². The van der Waals surface area contributed by atoms with Crippen LogP contribution in [0.15, 0.2) is 24.3 Å². The van der Waals surface area contributed by atoms with E-state index in [-0.39, 0.29) is 11.8 Å². The van der Waals surface area contributed by atoms with Gasteiger partial charge in [0.15, 0.2) is 0 Å². The Kier molecular flexibility index (Phi) is 3.87. The van der Waals surface area contributed by atoms with Crippen LogP contribution in [0.25, 0.3) is 0 Å². The van der Waals surface area contributed by atoms with E-state index >= 15 is 0 Å². The van der Waals surface area contributed by atoms with E-state index in [0.29, 0.717) is 5.92 Å². The molecular formula is C14H20N2O2. The highest BCUT2D eigenvalue weighted by Gasteiger charge is 2.30. The summed E-state index contributed by atoms with van der Waals surface area (Å²) in [6.45, 7) is 3.89. The fourth-order valence-electron chi connectivity index (χ4n) is 2.12. The van der Waals surface area contributed by atoms with Gasteiger partial charge < -0.3 is 15.0 Å². The molecule has 1 unspecified atom stereocenters. The van der Waals surface area contributed by atoms with Gasteiger partial charge in [0.05, 0.1) is 7.11 Å². The molecule has 1 aromatic carbocycles. The summed E-state index contributed by atoms with van der Waals surface area (Å²) in [6, 6.07) is 7.57. The predicted molar refractivity (Wildman–Crippen MR) is 71.9 cm³/mol. The Balaban J connectivity index is 2.09. The number of carbonyl (C=O) groups excluding carboxylic acids is 1. The van der Waals surface area contributed by atoms with Crippen molar-refractivity contribution in [3.63, 3.8) is 0 Å².